The molecule has 0 radical (unpaired) electrons. The Kier molecular flexibility index (Phi) is 5.83. The maximum absolute atomic E-state index is 8.65. The highest BCUT2D eigenvalue weighted by Gasteiger charge is 2.03. The minimum Gasteiger partial charge on any atom is -0.396 e. The number of aromatic nitrogens is 1. The van der Waals surface area contributed by atoms with Crippen LogP contribution in [0.2, 0.25) is 0 Å². The summed E-state index contributed by atoms with van der Waals surface area (Å²) >= 11 is 1.73. The standard InChI is InChI=1S/C11H20N2OS/c1-10-9-15-11(12-10)8-13(2)6-4-3-5-7-14/h9,14H,3-8H2,1-2H3. The first-order chi connectivity index (χ1) is 7.22. The molecule has 1 rings (SSSR count). The maximum atomic E-state index is 8.65. The molecule has 0 spiro atoms. The van der Waals surface area contributed by atoms with Crippen molar-refractivity contribution >= 4 is 11.3 Å². The highest BCUT2D eigenvalue weighted by atomic mass is 32.1. The van der Waals surface area contributed by atoms with Crippen LogP contribution in [0.25, 0.3) is 0 Å². The van der Waals surface area contributed by atoms with Gasteiger partial charge < -0.3 is 5.11 Å². The summed E-state index contributed by atoms with van der Waals surface area (Å²) < 4.78 is 0. The van der Waals surface area contributed by atoms with Crippen molar-refractivity contribution in [3.63, 3.8) is 0 Å². The summed E-state index contributed by atoms with van der Waals surface area (Å²) in [6.45, 7) is 4.37. The predicted octanol–water partition coefficient (Wildman–Crippen LogP) is 2.05. The van der Waals surface area contributed by atoms with Gasteiger partial charge in [0.25, 0.3) is 0 Å². The molecule has 15 heavy (non-hydrogen) atoms. The van der Waals surface area contributed by atoms with Gasteiger partial charge in [0.2, 0.25) is 0 Å². The van der Waals surface area contributed by atoms with Gasteiger partial charge in [0, 0.05) is 17.7 Å². The van der Waals surface area contributed by atoms with Crippen LogP contribution in [-0.2, 0) is 6.54 Å². The second-order valence-corrected chi connectivity index (χ2v) is 4.85. The SMILES string of the molecule is Cc1csc(CN(C)CCCCCO)n1. The highest BCUT2D eigenvalue weighted by Crippen LogP contribution is 2.11. The normalized spacial score (nSPS) is 11.2. The van der Waals surface area contributed by atoms with Crippen LogP contribution in [0.1, 0.15) is 30.0 Å². The molecule has 0 amide bonds. The zero-order valence-corrected chi connectivity index (χ0v) is 10.4. The van der Waals surface area contributed by atoms with Crippen molar-refractivity contribution in [2.45, 2.75) is 32.7 Å². The maximum Gasteiger partial charge on any atom is 0.107 e. The lowest BCUT2D eigenvalue weighted by Crippen LogP contribution is -2.19. The molecular formula is C11H20N2OS. The molecule has 0 atom stereocenters. The quantitative estimate of drug-likeness (QED) is 0.726. The van der Waals surface area contributed by atoms with Crippen LogP contribution < -0.4 is 0 Å². The van der Waals surface area contributed by atoms with Crippen molar-refractivity contribution < 1.29 is 5.11 Å². The fourth-order valence-electron chi connectivity index (χ4n) is 1.46. The van der Waals surface area contributed by atoms with Gasteiger partial charge in [-0.3, -0.25) is 4.90 Å². The number of rotatable bonds is 7. The van der Waals surface area contributed by atoms with Gasteiger partial charge in [0.15, 0.2) is 0 Å². The molecule has 0 saturated carbocycles. The molecular weight excluding hydrogens is 208 g/mol. The molecule has 0 aliphatic carbocycles. The van der Waals surface area contributed by atoms with E-state index in [9.17, 15) is 0 Å². The molecule has 0 aliphatic heterocycles. The van der Waals surface area contributed by atoms with E-state index in [0.717, 1.165) is 38.0 Å². The van der Waals surface area contributed by atoms with Crippen molar-refractivity contribution in [2.75, 3.05) is 20.2 Å². The van der Waals surface area contributed by atoms with E-state index in [-0.39, 0.29) is 0 Å². The lowest BCUT2D eigenvalue weighted by molar-refractivity contribution is 0.271. The molecule has 0 fully saturated rings. The van der Waals surface area contributed by atoms with Crippen LogP contribution in [0.4, 0.5) is 0 Å². The number of hydrogen-bond acceptors (Lipinski definition) is 4. The summed E-state index contributed by atoms with van der Waals surface area (Å²) in [4.78, 5) is 6.72. The Bertz CT molecular complexity index is 275. The molecule has 0 aromatic carbocycles. The van der Waals surface area contributed by atoms with E-state index in [1.807, 2.05) is 6.92 Å². The van der Waals surface area contributed by atoms with Crippen molar-refractivity contribution in [2.24, 2.45) is 0 Å². The van der Waals surface area contributed by atoms with E-state index in [2.05, 4.69) is 22.3 Å². The molecule has 0 aliphatic rings. The molecule has 86 valence electrons. The van der Waals surface area contributed by atoms with E-state index >= 15 is 0 Å². The highest BCUT2D eigenvalue weighted by molar-refractivity contribution is 7.09. The first-order valence-corrected chi connectivity index (χ1v) is 6.30. The molecule has 0 bridgehead atoms. The van der Waals surface area contributed by atoms with Crippen LogP contribution >= 0.6 is 11.3 Å². The van der Waals surface area contributed by atoms with Crippen LogP contribution in [0, 0.1) is 6.92 Å². The first-order valence-electron chi connectivity index (χ1n) is 5.43. The Morgan fingerprint density at radius 2 is 2.20 bits per heavy atom. The van der Waals surface area contributed by atoms with Gasteiger partial charge in [-0.2, -0.15) is 0 Å². The Labute approximate surface area is 95.8 Å². The second-order valence-electron chi connectivity index (χ2n) is 3.90. The fraction of sp³-hybridized carbons (Fsp3) is 0.727. The number of unbranched alkanes of at least 4 members (excludes halogenated alkanes) is 2. The topological polar surface area (TPSA) is 36.4 Å². The second kappa shape index (κ2) is 6.93. The molecule has 1 heterocycles. The van der Waals surface area contributed by atoms with Gasteiger partial charge in [-0.1, -0.05) is 0 Å². The number of aliphatic hydroxyl groups is 1. The monoisotopic (exact) mass is 228 g/mol. The molecule has 3 nitrogen and oxygen atoms in total. The van der Waals surface area contributed by atoms with Gasteiger partial charge >= 0.3 is 0 Å². The Balaban J connectivity index is 2.15. The van der Waals surface area contributed by atoms with Crippen LogP contribution in [0.15, 0.2) is 5.38 Å². The van der Waals surface area contributed by atoms with E-state index in [1.54, 1.807) is 11.3 Å². The smallest absolute Gasteiger partial charge is 0.107 e. The van der Waals surface area contributed by atoms with E-state index in [1.165, 1.54) is 5.01 Å². The van der Waals surface area contributed by atoms with Gasteiger partial charge in [-0.05, 0) is 39.8 Å². The summed E-state index contributed by atoms with van der Waals surface area (Å²) in [6, 6.07) is 0. The molecule has 1 aromatic heterocycles. The predicted molar refractivity (Wildman–Crippen MR) is 64.1 cm³/mol. The third-order valence-electron chi connectivity index (χ3n) is 2.27. The van der Waals surface area contributed by atoms with Crippen LogP contribution in [0.3, 0.4) is 0 Å². The zero-order valence-electron chi connectivity index (χ0n) is 9.57. The van der Waals surface area contributed by atoms with E-state index in [0.29, 0.717) is 6.61 Å². The number of thiazole rings is 1. The Morgan fingerprint density at radius 3 is 2.80 bits per heavy atom. The third-order valence-corrected chi connectivity index (χ3v) is 3.22. The average molecular weight is 228 g/mol. The Hall–Kier alpha value is -0.450. The minimum atomic E-state index is 0.315. The zero-order chi connectivity index (χ0) is 11.1. The third kappa shape index (κ3) is 5.25. The molecule has 0 saturated heterocycles. The summed E-state index contributed by atoms with van der Waals surface area (Å²) in [6.07, 6.45) is 3.18. The Morgan fingerprint density at radius 1 is 1.40 bits per heavy atom. The number of aliphatic hydroxyl groups excluding tert-OH is 1. The van der Waals surface area contributed by atoms with Crippen molar-refractivity contribution in [3.05, 3.63) is 16.1 Å². The minimum absolute atomic E-state index is 0.315. The molecule has 1 aromatic rings. The molecule has 1 N–H and O–H groups in total. The molecule has 4 heteroatoms. The van der Waals surface area contributed by atoms with Gasteiger partial charge in [-0.15, -0.1) is 11.3 Å². The van der Waals surface area contributed by atoms with Crippen LogP contribution in [0.5, 0.6) is 0 Å². The first kappa shape index (κ1) is 12.6. The lowest BCUT2D eigenvalue weighted by Gasteiger charge is -2.14. The average Bonchev–Trinajstić information content (AvgIpc) is 2.59. The van der Waals surface area contributed by atoms with Crippen LogP contribution in [-0.4, -0.2) is 35.2 Å². The van der Waals surface area contributed by atoms with Crippen molar-refractivity contribution in [1.29, 1.82) is 0 Å². The summed E-state index contributed by atoms with van der Waals surface area (Å²) in [5.74, 6) is 0. The largest absolute Gasteiger partial charge is 0.396 e. The van der Waals surface area contributed by atoms with Gasteiger partial charge in [0.1, 0.15) is 5.01 Å². The van der Waals surface area contributed by atoms with E-state index in [4.69, 9.17) is 5.11 Å². The van der Waals surface area contributed by atoms with Crippen molar-refractivity contribution in [3.8, 4) is 0 Å². The molecule has 0 unspecified atom stereocenters. The number of hydrogen-bond donors (Lipinski definition) is 1. The summed E-state index contributed by atoms with van der Waals surface area (Å²) in [5.41, 5.74) is 1.11. The fourth-order valence-corrected chi connectivity index (χ4v) is 2.31. The number of nitrogens with zero attached hydrogens (tertiary/aromatic N) is 2. The van der Waals surface area contributed by atoms with E-state index < -0.39 is 0 Å². The lowest BCUT2D eigenvalue weighted by atomic mass is 10.2. The summed E-state index contributed by atoms with van der Waals surface area (Å²) in [7, 11) is 2.12. The van der Waals surface area contributed by atoms with Gasteiger partial charge in [0.05, 0.1) is 6.54 Å². The van der Waals surface area contributed by atoms with Gasteiger partial charge in [-0.25, -0.2) is 4.98 Å². The van der Waals surface area contributed by atoms with Crippen molar-refractivity contribution in [1.82, 2.24) is 9.88 Å². The number of aryl methyl sites for hydroxylation is 1. The summed E-state index contributed by atoms with van der Waals surface area (Å²) in [5, 5.41) is 11.9.